The van der Waals surface area contributed by atoms with Gasteiger partial charge in [-0.1, -0.05) is 6.92 Å². The second kappa shape index (κ2) is 5.82. The summed E-state index contributed by atoms with van der Waals surface area (Å²) in [6.07, 6.45) is 4.65. The number of carbonyl (C=O) groups excluding carboxylic acids is 1. The molecular formula is C12H21N3O2. The van der Waals surface area contributed by atoms with Crippen molar-refractivity contribution in [1.29, 1.82) is 0 Å². The van der Waals surface area contributed by atoms with Crippen LogP contribution in [0.1, 0.15) is 25.8 Å². The maximum absolute atomic E-state index is 11.8. The first-order valence-corrected chi connectivity index (χ1v) is 5.84. The first-order valence-electron chi connectivity index (χ1n) is 5.84. The van der Waals surface area contributed by atoms with E-state index in [1.165, 1.54) is 7.11 Å². The number of nitrogens with zero attached hydrogens (tertiary/aromatic N) is 2. The molecule has 5 heteroatoms. The van der Waals surface area contributed by atoms with Crippen LogP contribution in [-0.4, -0.2) is 34.9 Å². The molecule has 0 aliphatic heterocycles. The predicted molar refractivity (Wildman–Crippen MR) is 65.7 cm³/mol. The molecule has 1 aromatic heterocycles. The summed E-state index contributed by atoms with van der Waals surface area (Å²) in [4.78, 5) is 11.8. The number of carbonyl (C=O) groups is 1. The normalized spacial score (nSPS) is 14.4. The van der Waals surface area contributed by atoms with Crippen molar-refractivity contribution in [2.45, 2.75) is 39.3 Å². The highest BCUT2D eigenvalue weighted by Gasteiger charge is 2.34. The third-order valence-corrected chi connectivity index (χ3v) is 2.64. The van der Waals surface area contributed by atoms with E-state index in [1.54, 1.807) is 10.9 Å². The summed E-state index contributed by atoms with van der Waals surface area (Å²) < 4.78 is 6.61. The van der Waals surface area contributed by atoms with Gasteiger partial charge in [-0.05, 0) is 32.4 Å². The summed E-state index contributed by atoms with van der Waals surface area (Å²) >= 11 is 0. The van der Waals surface area contributed by atoms with E-state index in [0.29, 0.717) is 6.54 Å². The number of aryl methyl sites for hydroxylation is 1. The Balaban J connectivity index is 2.79. The smallest absolute Gasteiger partial charge is 0.327 e. The van der Waals surface area contributed by atoms with Crippen molar-refractivity contribution < 1.29 is 9.53 Å². The largest absolute Gasteiger partial charge is 0.468 e. The van der Waals surface area contributed by atoms with Gasteiger partial charge in [0.05, 0.1) is 19.9 Å². The maximum Gasteiger partial charge on any atom is 0.327 e. The zero-order valence-electron chi connectivity index (χ0n) is 11.0. The third kappa shape index (κ3) is 3.56. The monoisotopic (exact) mass is 239 g/mol. The Hall–Kier alpha value is -1.36. The van der Waals surface area contributed by atoms with E-state index in [-0.39, 0.29) is 5.97 Å². The average Bonchev–Trinajstić information content (AvgIpc) is 2.70. The molecule has 17 heavy (non-hydrogen) atoms. The van der Waals surface area contributed by atoms with Crippen molar-refractivity contribution in [3.05, 3.63) is 18.0 Å². The van der Waals surface area contributed by atoms with E-state index in [1.807, 2.05) is 20.0 Å². The Labute approximate surface area is 102 Å². The number of hydrogen-bond donors (Lipinski definition) is 1. The van der Waals surface area contributed by atoms with Gasteiger partial charge < -0.3 is 10.1 Å². The SMILES string of the molecule is CCCNC(C)(Cn1cc(C)cn1)C(=O)OC. The highest BCUT2D eigenvalue weighted by molar-refractivity contribution is 5.80. The molecule has 0 aliphatic carbocycles. The van der Waals surface area contributed by atoms with Crippen LogP contribution in [0.4, 0.5) is 0 Å². The number of esters is 1. The summed E-state index contributed by atoms with van der Waals surface area (Å²) in [7, 11) is 1.41. The summed E-state index contributed by atoms with van der Waals surface area (Å²) in [5.41, 5.74) is 0.344. The summed E-state index contributed by atoms with van der Waals surface area (Å²) in [6, 6.07) is 0. The molecule has 1 rings (SSSR count). The fraction of sp³-hybridized carbons (Fsp3) is 0.667. The molecule has 0 bridgehead atoms. The molecule has 0 radical (unpaired) electrons. The summed E-state index contributed by atoms with van der Waals surface area (Å²) in [5.74, 6) is -0.265. The number of methoxy groups -OCH3 is 1. The second-order valence-electron chi connectivity index (χ2n) is 4.47. The molecule has 0 amide bonds. The van der Waals surface area contributed by atoms with Gasteiger partial charge in [-0.3, -0.25) is 4.68 Å². The van der Waals surface area contributed by atoms with Crippen LogP contribution in [0.3, 0.4) is 0 Å². The molecule has 0 aromatic carbocycles. The molecule has 0 saturated carbocycles. The van der Waals surface area contributed by atoms with E-state index in [9.17, 15) is 4.79 Å². The zero-order valence-corrected chi connectivity index (χ0v) is 11.0. The van der Waals surface area contributed by atoms with Crippen molar-refractivity contribution in [2.75, 3.05) is 13.7 Å². The molecule has 1 atom stereocenters. The molecule has 0 fully saturated rings. The van der Waals surface area contributed by atoms with E-state index >= 15 is 0 Å². The molecule has 0 spiro atoms. The minimum Gasteiger partial charge on any atom is -0.468 e. The second-order valence-corrected chi connectivity index (χ2v) is 4.47. The number of rotatable bonds is 6. The van der Waals surface area contributed by atoms with E-state index in [2.05, 4.69) is 17.3 Å². The van der Waals surface area contributed by atoms with Gasteiger partial charge in [-0.2, -0.15) is 5.10 Å². The molecule has 96 valence electrons. The molecule has 1 heterocycles. The van der Waals surface area contributed by atoms with Gasteiger partial charge in [-0.15, -0.1) is 0 Å². The van der Waals surface area contributed by atoms with Crippen LogP contribution in [0.15, 0.2) is 12.4 Å². The topological polar surface area (TPSA) is 56.2 Å². The first kappa shape index (κ1) is 13.7. The minimum atomic E-state index is -0.733. The lowest BCUT2D eigenvalue weighted by atomic mass is 10.0. The molecule has 0 saturated heterocycles. The van der Waals surface area contributed by atoms with E-state index in [0.717, 1.165) is 18.5 Å². The van der Waals surface area contributed by atoms with Crippen LogP contribution in [0, 0.1) is 6.92 Å². The predicted octanol–water partition coefficient (Wildman–Crippen LogP) is 1.12. The van der Waals surface area contributed by atoms with Crippen molar-refractivity contribution in [2.24, 2.45) is 0 Å². The number of nitrogens with one attached hydrogen (secondary N) is 1. The van der Waals surface area contributed by atoms with E-state index < -0.39 is 5.54 Å². The van der Waals surface area contributed by atoms with Crippen LogP contribution in [0.25, 0.3) is 0 Å². The lowest BCUT2D eigenvalue weighted by Crippen LogP contribution is -2.53. The fourth-order valence-corrected chi connectivity index (χ4v) is 1.70. The Morgan fingerprint density at radius 2 is 2.35 bits per heavy atom. The van der Waals surface area contributed by atoms with Crippen molar-refractivity contribution in [3.63, 3.8) is 0 Å². The highest BCUT2D eigenvalue weighted by Crippen LogP contribution is 2.10. The maximum atomic E-state index is 11.8. The minimum absolute atomic E-state index is 0.265. The van der Waals surface area contributed by atoms with E-state index in [4.69, 9.17) is 4.74 Å². The molecule has 5 nitrogen and oxygen atoms in total. The van der Waals surface area contributed by atoms with Crippen LogP contribution >= 0.6 is 0 Å². The van der Waals surface area contributed by atoms with Crippen LogP contribution in [0.2, 0.25) is 0 Å². The Morgan fingerprint density at radius 3 is 2.82 bits per heavy atom. The van der Waals surface area contributed by atoms with Gasteiger partial charge >= 0.3 is 5.97 Å². The Morgan fingerprint density at radius 1 is 1.65 bits per heavy atom. The molecule has 1 aromatic rings. The van der Waals surface area contributed by atoms with Gasteiger partial charge in [0.1, 0.15) is 5.54 Å². The molecular weight excluding hydrogens is 218 g/mol. The first-order chi connectivity index (χ1) is 8.01. The Kier molecular flexibility index (Phi) is 4.69. The Bertz CT molecular complexity index is 376. The third-order valence-electron chi connectivity index (χ3n) is 2.64. The highest BCUT2D eigenvalue weighted by atomic mass is 16.5. The van der Waals surface area contributed by atoms with Crippen molar-refractivity contribution in [3.8, 4) is 0 Å². The van der Waals surface area contributed by atoms with Gasteiger partial charge in [0, 0.05) is 6.20 Å². The van der Waals surface area contributed by atoms with Gasteiger partial charge in [0.15, 0.2) is 0 Å². The lowest BCUT2D eigenvalue weighted by Gasteiger charge is -2.27. The summed E-state index contributed by atoms with van der Waals surface area (Å²) in [6.45, 7) is 7.10. The molecule has 1 unspecified atom stereocenters. The lowest BCUT2D eigenvalue weighted by molar-refractivity contribution is -0.148. The van der Waals surface area contributed by atoms with Crippen LogP contribution in [-0.2, 0) is 16.1 Å². The zero-order chi connectivity index (χ0) is 12.9. The van der Waals surface area contributed by atoms with Crippen molar-refractivity contribution in [1.82, 2.24) is 15.1 Å². The van der Waals surface area contributed by atoms with Gasteiger partial charge in [0.2, 0.25) is 0 Å². The standard InChI is InChI=1S/C12H21N3O2/c1-5-6-13-12(3,11(16)17-4)9-15-8-10(2)7-14-15/h7-8,13H,5-6,9H2,1-4H3. The average molecular weight is 239 g/mol. The van der Waals surface area contributed by atoms with Crippen molar-refractivity contribution >= 4 is 5.97 Å². The van der Waals surface area contributed by atoms with Crippen LogP contribution in [0.5, 0.6) is 0 Å². The quantitative estimate of drug-likeness (QED) is 0.756. The number of aromatic nitrogens is 2. The summed E-state index contributed by atoms with van der Waals surface area (Å²) in [5, 5.41) is 7.41. The van der Waals surface area contributed by atoms with Crippen LogP contribution < -0.4 is 5.32 Å². The fourth-order valence-electron chi connectivity index (χ4n) is 1.70. The van der Waals surface area contributed by atoms with Gasteiger partial charge in [-0.25, -0.2) is 4.79 Å². The molecule has 0 aliphatic rings. The number of ether oxygens (including phenoxy) is 1. The van der Waals surface area contributed by atoms with Gasteiger partial charge in [0.25, 0.3) is 0 Å². The molecule has 1 N–H and O–H groups in total. The number of hydrogen-bond acceptors (Lipinski definition) is 4.